The highest BCUT2D eigenvalue weighted by Gasteiger charge is 2.22. The van der Waals surface area contributed by atoms with E-state index >= 15 is 0 Å². The zero-order chi connectivity index (χ0) is 13.0. The number of hydrogen-bond acceptors (Lipinski definition) is 1. The number of rotatable bonds is 3. The van der Waals surface area contributed by atoms with Crippen LogP contribution >= 0.6 is 11.6 Å². The molecule has 3 heteroatoms. The molecule has 2 rings (SSSR count). The predicted molar refractivity (Wildman–Crippen MR) is 72.9 cm³/mol. The Hall–Kier alpha value is -0.760. The van der Waals surface area contributed by atoms with Crippen molar-refractivity contribution < 1.29 is 9.13 Å². The molecule has 0 amide bonds. The summed E-state index contributed by atoms with van der Waals surface area (Å²) in [6.45, 7) is 0. The van der Waals surface area contributed by atoms with Gasteiger partial charge in [0.2, 0.25) is 0 Å². The molecule has 0 N–H and O–H groups in total. The third-order valence-electron chi connectivity index (χ3n) is 3.78. The van der Waals surface area contributed by atoms with E-state index in [1.165, 1.54) is 26.4 Å². The number of alkyl halides is 1. The smallest absolute Gasteiger partial charge is 0.165 e. The van der Waals surface area contributed by atoms with E-state index in [1.54, 1.807) is 12.1 Å². The number of hydrogen-bond donors (Lipinski definition) is 0. The molecule has 1 aliphatic rings. The van der Waals surface area contributed by atoms with E-state index in [1.807, 2.05) is 6.07 Å². The maximum atomic E-state index is 13.6. The number of halogens is 2. The van der Waals surface area contributed by atoms with Crippen molar-refractivity contribution in [2.24, 2.45) is 5.92 Å². The number of methoxy groups -OCH3 is 1. The standard InChI is InChI=1S/C15H20ClFO/c1-18-15-8-7-11(10-14(15)17)9-12-5-3-2-4-6-13(12)16/h7-8,10,12-13H,2-6,9H2,1H3. The molecule has 2 unspecified atom stereocenters. The molecular formula is C15H20ClFO. The Kier molecular flexibility index (Phi) is 4.87. The molecule has 2 atom stereocenters. The van der Waals surface area contributed by atoms with E-state index in [9.17, 15) is 4.39 Å². The van der Waals surface area contributed by atoms with Crippen molar-refractivity contribution >= 4 is 11.6 Å². The Bertz CT molecular complexity index is 394. The van der Waals surface area contributed by atoms with Gasteiger partial charge in [0, 0.05) is 5.38 Å². The van der Waals surface area contributed by atoms with Crippen molar-refractivity contribution in [2.75, 3.05) is 7.11 Å². The molecule has 0 radical (unpaired) electrons. The Morgan fingerprint density at radius 3 is 2.78 bits per heavy atom. The van der Waals surface area contributed by atoms with Crippen LogP contribution < -0.4 is 4.74 Å². The molecule has 1 fully saturated rings. The summed E-state index contributed by atoms with van der Waals surface area (Å²) in [6.07, 6.45) is 6.85. The Morgan fingerprint density at radius 1 is 1.28 bits per heavy atom. The Balaban J connectivity index is 2.05. The van der Waals surface area contributed by atoms with Gasteiger partial charge in [-0.3, -0.25) is 0 Å². The van der Waals surface area contributed by atoms with Crippen LogP contribution in [0.2, 0.25) is 0 Å². The fourth-order valence-electron chi connectivity index (χ4n) is 2.71. The fraction of sp³-hybridized carbons (Fsp3) is 0.600. The summed E-state index contributed by atoms with van der Waals surface area (Å²) in [5.41, 5.74) is 1.02. The molecule has 0 bridgehead atoms. The van der Waals surface area contributed by atoms with E-state index in [2.05, 4.69) is 0 Å². The van der Waals surface area contributed by atoms with Crippen molar-refractivity contribution in [3.8, 4) is 5.75 Å². The number of benzene rings is 1. The van der Waals surface area contributed by atoms with Crippen LogP contribution in [-0.4, -0.2) is 12.5 Å². The van der Waals surface area contributed by atoms with E-state index in [-0.39, 0.29) is 11.2 Å². The molecule has 1 nitrogen and oxygen atoms in total. The lowest BCUT2D eigenvalue weighted by molar-refractivity contribution is 0.385. The van der Waals surface area contributed by atoms with Gasteiger partial charge in [0.1, 0.15) is 0 Å². The van der Waals surface area contributed by atoms with Gasteiger partial charge in [-0.1, -0.05) is 25.3 Å². The van der Waals surface area contributed by atoms with Crippen LogP contribution in [0.4, 0.5) is 4.39 Å². The summed E-state index contributed by atoms with van der Waals surface area (Å²) in [7, 11) is 1.48. The Labute approximate surface area is 113 Å². The molecule has 1 aromatic rings. The molecule has 0 heterocycles. The first kappa shape index (κ1) is 13.7. The maximum Gasteiger partial charge on any atom is 0.165 e. The van der Waals surface area contributed by atoms with Crippen LogP contribution in [-0.2, 0) is 6.42 Å². The molecule has 0 saturated heterocycles. The van der Waals surface area contributed by atoms with Crippen molar-refractivity contribution in [1.82, 2.24) is 0 Å². The predicted octanol–water partition coefficient (Wildman–Crippen LogP) is 4.56. The highest BCUT2D eigenvalue weighted by molar-refractivity contribution is 6.20. The first-order valence-corrected chi connectivity index (χ1v) is 7.11. The fourth-order valence-corrected chi connectivity index (χ4v) is 3.08. The van der Waals surface area contributed by atoms with Crippen molar-refractivity contribution in [3.05, 3.63) is 29.6 Å². The normalized spacial score (nSPS) is 24.6. The first-order chi connectivity index (χ1) is 8.70. The van der Waals surface area contributed by atoms with Crippen LogP contribution in [0.3, 0.4) is 0 Å². The molecule has 100 valence electrons. The highest BCUT2D eigenvalue weighted by Crippen LogP contribution is 2.31. The van der Waals surface area contributed by atoms with E-state index in [4.69, 9.17) is 16.3 Å². The zero-order valence-corrected chi connectivity index (χ0v) is 11.5. The molecule has 18 heavy (non-hydrogen) atoms. The summed E-state index contributed by atoms with van der Waals surface area (Å²) >= 11 is 6.42. The van der Waals surface area contributed by atoms with Crippen LogP contribution in [0, 0.1) is 11.7 Å². The van der Waals surface area contributed by atoms with Crippen molar-refractivity contribution in [3.63, 3.8) is 0 Å². The van der Waals surface area contributed by atoms with Gasteiger partial charge in [-0.15, -0.1) is 11.6 Å². The van der Waals surface area contributed by atoms with Gasteiger partial charge < -0.3 is 4.74 Å². The van der Waals surface area contributed by atoms with E-state index < -0.39 is 0 Å². The number of ether oxygens (including phenoxy) is 1. The second-order valence-corrected chi connectivity index (χ2v) is 5.65. The van der Waals surface area contributed by atoms with Gasteiger partial charge >= 0.3 is 0 Å². The first-order valence-electron chi connectivity index (χ1n) is 6.67. The van der Waals surface area contributed by atoms with Crippen LogP contribution in [0.1, 0.15) is 37.7 Å². The average Bonchev–Trinajstić information content (AvgIpc) is 2.55. The second kappa shape index (κ2) is 6.42. The maximum absolute atomic E-state index is 13.6. The minimum absolute atomic E-state index is 0.234. The summed E-state index contributed by atoms with van der Waals surface area (Å²) < 4.78 is 18.6. The largest absolute Gasteiger partial charge is 0.494 e. The zero-order valence-electron chi connectivity index (χ0n) is 10.8. The minimum atomic E-state index is -0.283. The molecule has 0 aliphatic heterocycles. The van der Waals surface area contributed by atoms with Gasteiger partial charge in [0.15, 0.2) is 11.6 Å². The monoisotopic (exact) mass is 270 g/mol. The van der Waals surface area contributed by atoms with Crippen molar-refractivity contribution in [1.29, 1.82) is 0 Å². The van der Waals surface area contributed by atoms with Gasteiger partial charge in [-0.25, -0.2) is 4.39 Å². The van der Waals surface area contributed by atoms with E-state index in [0.29, 0.717) is 11.7 Å². The highest BCUT2D eigenvalue weighted by atomic mass is 35.5. The summed E-state index contributed by atoms with van der Waals surface area (Å²) in [4.78, 5) is 0. The minimum Gasteiger partial charge on any atom is -0.494 e. The lowest BCUT2D eigenvalue weighted by Gasteiger charge is -2.19. The summed E-state index contributed by atoms with van der Waals surface area (Å²) in [5.74, 6) is 0.499. The second-order valence-electron chi connectivity index (χ2n) is 5.09. The summed E-state index contributed by atoms with van der Waals surface area (Å²) in [5, 5.41) is 0.234. The Morgan fingerprint density at radius 2 is 2.06 bits per heavy atom. The molecule has 1 aromatic carbocycles. The third kappa shape index (κ3) is 3.38. The quantitative estimate of drug-likeness (QED) is 0.578. The molecule has 0 spiro atoms. The molecular weight excluding hydrogens is 251 g/mol. The molecule has 1 saturated carbocycles. The van der Waals surface area contributed by atoms with Gasteiger partial charge in [-0.2, -0.15) is 0 Å². The van der Waals surface area contributed by atoms with Crippen molar-refractivity contribution in [2.45, 2.75) is 43.9 Å². The van der Waals surface area contributed by atoms with Crippen LogP contribution in [0.25, 0.3) is 0 Å². The average molecular weight is 271 g/mol. The van der Waals surface area contributed by atoms with Crippen LogP contribution in [0.5, 0.6) is 5.75 Å². The van der Waals surface area contributed by atoms with Crippen LogP contribution in [0.15, 0.2) is 18.2 Å². The summed E-state index contributed by atoms with van der Waals surface area (Å²) in [6, 6.07) is 5.22. The lowest BCUT2D eigenvalue weighted by atomic mass is 9.92. The third-order valence-corrected chi connectivity index (χ3v) is 4.35. The topological polar surface area (TPSA) is 9.23 Å². The van der Waals surface area contributed by atoms with E-state index in [0.717, 1.165) is 24.8 Å². The van der Waals surface area contributed by atoms with Gasteiger partial charge in [0.25, 0.3) is 0 Å². The van der Waals surface area contributed by atoms with Gasteiger partial charge in [0.05, 0.1) is 7.11 Å². The molecule has 1 aliphatic carbocycles. The SMILES string of the molecule is COc1ccc(CC2CCCCCC2Cl)cc1F. The van der Waals surface area contributed by atoms with Gasteiger partial charge in [-0.05, 0) is 42.9 Å². The molecule has 0 aromatic heterocycles. The lowest BCUT2D eigenvalue weighted by Crippen LogP contribution is -2.16.